The fourth-order valence-electron chi connectivity index (χ4n) is 3.22. The van der Waals surface area contributed by atoms with Crippen molar-refractivity contribution in [1.29, 1.82) is 0 Å². The number of amides is 1. The highest BCUT2D eigenvalue weighted by molar-refractivity contribution is 7.11. The van der Waals surface area contributed by atoms with E-state index in [0.29, 0.717) is 0 Å². The maximum absolute atomic E-state index is 12.7. The van der Waals surface area contributed by atoms with Crippen LogP contribution in [0.3, 0.4) is 0 Å². The van der Waals surface area contributed by atoms with Crippen LogP contribution in [0.2, 0.25) is 0 Å². The first kappa shape index (κ1) is 14.3. The van der Waals surface area contributed by atoms with Gasteiger partial charge in [-0.2, -0.15) is 5.10 Å². The Morgan fingerprint density at radius 1 is 1.48 bits per heavy atom. The largest absolute Gasteiger partial charge is 0.337 e. The highest BCUT2D eigenvalue weighted by Crippen LogP contribution is 2.35. The molecule has 0 saturated carbocycles. The number of nitrogens with zero attached hydrogens (tertiary/aromatic N) is 3. The third kappa shape index (κ3) is 2.48. The molecular weight excluding hydrogens is 284 g/mol. The summed E-state index contributed by atoms with van der Waals surface area (Å²) in [5.41, 5.74) is 4.84. The molecule has 0 aliphatic carbocycles. The summed E-state index contributed by atoms with van der Waals surface area (Å²) in [7, 11) is 0. The first-order valence-electron chi connectivity index (χ1n) is 7.21. The first-order valence-corrected chi connectivity index (χ1v) is 8.09. The van der Waals surface area contributed by atoms with Crippen LogP contribution in [0.5, 0.6) is 0 Å². The summed E-state index contributed by atoms with van der Waals surface area (Å²) in [5.74, 6) is 0.109. The molecule has 3 heterocycles. The molecule has 0 radical (unpaired) electrons. The molecule has 0 bridgehead atoms. The van der Waals surface area contributed by atoms with E-state index in [2.05, 4.69) is 29.0 Å². The fourth-order valence-corrected chi connectivity index (χ4v) is 3.99. The summed E-state index contributed by atoms with van der Waals surface area (Å²) in [4.78, 5) is 19.6. The van der Waals surface area contributed by atoms with Crippen LogP contribution in [0.25, 0.3) is 0 Å². The fraction of sp³-hybridized carbons (Fsp3) is 0.533. The van der Waals surface area contributed by atoms with Crippen LogP contribution in [-0.2, 0) is 5.41 Å². The SMILES string of the molecule is Cc1cn[nH]c1[C@]1(C)CCCN(C(=O)c2scnc2C)C1. The molecule has 1 aliphatic rings. The number of likely N-dealkylation sites (tertiary alicyclic amines) is 1. The molecule has 112 valence electrons. The average Bonchev–Trinajstić information content (AvgIpc) is 3.07. The second-order valence-corrected chi connectivity index (χ2v) is 6.94. The van der Waals surface area contributed by atoms with E-state index in [1.54, 1.807) is 5.51 Å². The Kier molecular flexibility index (Phi) is 3.57. The van der Waals surface area contributed by atoms with Gasteiger partial charge in [-0.3, -0.25) is 9.89 Å². The Labute approximate surface area is 128 Å². The first-order chi connectivity index (χ1) is 10.0. The van der Waals surface area contributed by atoms with E-state index in [4.69, 9.17) is 0 Å². The summed E-state index contributed by atoms with van der Waals surface area (Å²) in [5, 5.41) is 7.26. The van der Waals surface area contributed by atoms with Crippen LogP contribution in [0.15, 0.2) is 11.7 Å². The van der Waals surface area contributed by atoms with Crippen molar-refractivity contribution < 1.29 is 4.79 Å². The normalized spacial score (nSPS) is 22.5. The Morgan fingerprint density at radius 3 is 2.90 bits per heavy atom. The quantitative estimate of drug-likeness (QED) is 0.928. The van der Waals surface area contributed by atoms with E-state index >= 15 is 0 Å². The molecule has 5 nitrogen and oxygen atoms in total. The summed E-state index contributed by atoms with van der Waals surface area (Å²) in [6.45, 7) is 7.72. The number of carbonyl (C=O) groups is 1. The van der Waals surface area contributed by atoms with Crippen LogP contribution in [0.1, 0.15) is 46.4 Å². The number of nitrogens with one attached hydrogen (secondary N) is 1. The number of aromatic nitrogens is 3. The number of piperidine rings is 1. The second kappa shape index (κ2) is 5.26. The molecular formula is C15H20N4OS. The molecule has 1 atom stereocenters. The van der Waals surface area contributed by atoms with Crippen molar-refractivity contribution in [1.82, 2.24) is 20.1 Å². The molecule has 3 rings (SSSR count). The second-order valence-electron chi connectivity index (χ2n) is 6.09. The zero-order valence-corrected chi connectivity index (χ0v) is 13.5. The number of thiazole rings is 1. The number of aryl methyl sites for hydroxylation is 2. The zero-order chi connectivity index (χ0) is 15.0. The lowest BCUT2D eigenvalue weighted by Gasteiger charge is -2.40. The van der Waals surface area contributed by atoms with Crippen LogP contribution in [0, 0.1) is 13.8 Å². The Morgan fingerprint density at radius 2 is 2.29 bits per heavy atom. The minimum absolute atomic E-state index is 0.0485. The van der Waals surface area contributed by atoms with Gasteiger partial charge in [-0.05, 0) is 32.3 Å². The Bertz CT molecular complexity index is 662. The van der Waals surface area contributed by atoms with Crippen LogP contribution in [-0.4, -0.2) is 39.1 Å². The molecule has 1 amide bonds. The van der Waals surface area contributed by atoms with Crippen LogP contribution >= 0.6 is 11.3 Å². The molecule has 6 heteroatoms. The lowest BCUT2D eigenvalue weighted by molar-refractivity contribution is 0.0651. The van der Waals surface area contributed by atoms with Gasteiger partial charge in [0.2, 0.25) is 0 Å². The van der Waals surface area contributed by atoms with E-state index in [-0.39, 0.29) is 11.3 Å². The number of hydrogen-bond donors (Lipinski definition) is 1. The number of carbonyl (C=O) groups excluding carboxylic acids is 1. The van der Waals surface area contributed by atoms with Crippen molar-refractivity contribution in [3.05, 3.63) is 33.5 Å². The topological polar surface area (TPSA) is 61.9 Å². The number of H-pyrrole nitrogens is 1. The lowest BCUT2D eigenvalue weighted by Crippen LogP contribution is -2.47. The summed E-state index contributed by atoms with van der Waals surface area (Å²) in [6.07, 6.45) is 3.94. The van der Waals surface area contributed by atoms with E-state index in [0.717, 1.165) is 42.2 Å². The number of aromatic amines is 1. The minimum atomic E-state index is -0.0485. The summed E-state index contributed by atoms with van der Waals surface area (Å²) >= 11 is 1.43. The van der Waals surface area contributed by atoms with Gasteiger partial charge in [0.15, 0.2) is 0 Å². The van der Waals surface area contributed by atoms with Gasteiger partial charge < -0.3 is 4.90 Å². The van der Waals surface area contributed by atoms with Gasteiger partial charge in [0.25, 0.3) is 5.91 Å². The molecule has 0 spiro atoms. The maximum atomic E-state index is 12.7. The maximum Gasteiger partial charge on any atom is 0.265 e. The smallest absolute Gasteiger partial charge is 0.265 e. The molecule has 2 aromatic heterocycles. The van der Waals surface area contributed by atoms with Gasteiger partial charge >= 0.3 is 0 Å². The lowest BCUT2D eigenvalue weighted by atomic mass is 9.77. The minimum Gasteiger partial charge on any atom is -0.337 e. The Hall–Kier alpha value is -1.69. The van der Waals surface area contributed by atoms with Gasteiger partial charge in [-0.1, -0.05) is 6.92 Å². The zero-order valence-electron chi connectivity index (χ0n) is 12.6. The van der Waals surface area contributed by atoms with Crippen molar-refractivity contribution in [2.45, 2.75) is 39.0 Å². The number of rotatable bonds is 2. The van der Waals surface area contributed by atoms with Crippen LogP contribution < -0.4 is 0 Å². The molecule has 2 aromatic rings. The van der Waals surface area contributed by atoms with Crippen molar-refractivity contribution in [2.24, 2.45) is 0 Å². The summed E-state index contributed by atoms with van der Waals surface area (Å²) < 4.78 is 0. The summed E-state index contributed by atoms with van der Waals surface area (Å²) in [6, 6.07) is 0. The monoisotopic (exact) mass is 304 g/mol. The van der Waals surface area contributed by atoms with Gasteiger partial charge in [0.05, 0.1) is 17.4 Å². The average molecular weight is 304 g/mol. The van der Waals surface area contributed by atoms with Gasteiger partial charge in [0, 0.05) is 24.2 Å². The van der Waals surface area contributed by atoms with Crippen molar-refractivity contribution in [3.8, 4) is 0 Å². The van der Waals surface area contributed by atoms with Crippen LogP contribution in [0.4, 0.5) is 0 Å². The van der Waals surface area contributed by atoms with E-state index in [1.807, 2.05) is 18.0 Å². The van der Waals surface area contributed by atoms with E-state index < -0.39 is 0 Å². The molecule has 1 aliphatic heterocycles. The molecule has 1 N–H and O–H groups in total. The standard InChI is InChI=1S/C15H20N4OS/c1-10-7-17-18-13(10)15(3)5-4-6-19(8-15)14(20)12-11(2)16-9-21-12/h7,9H,4-6,8H2,1-3H3,(H,17,18)/t15-/m1/s1. The van der Waals surface area contributed by atoms with Gasteiger partial charge in [-0.15, -0.1) is 11.3 Å². The predicted molar refractivity (Wildman–Crippen MR) is 82.7 cm³/mol. The third-order valence-electron chi connectivity index (χ3n) is 4.36. The van der Waals surface area contributed by atoms with Crippen molar-refractivity contribution >= 4 is 17.2 Å². The van der Waals surface area contributed by atoms with Gasteiger partial charge in [0.1, 0.15) is 4.88 Å². The third-order valence-corrected chi connectivity index (χ3v) is 5.27. The molecule has 0 aromatic carbocycles. The molecule has 21 heavy (non-hydrogen) atoms. The number of hydrogen-bond acceptors (Lipinski definition) is 4. The van der Waals surface area contributed by atoms with E-state index in [1.165, 1.54) is 16.9 Å². The van der Waals surface area contributed by atoms with Crippen molar-refractivity contribution in [3.63, 3.8) is 0 Å². The molecule has 0 unspecified atom stereocenters. The Balaban J connectivity index is 1.85. The van der Waals surface area contributed by atoms with E-state index in [9.17, 15) is 4.79 Å². The molecule has 1 fully saturated rings. The van der Waals surface area contributed by atoms with Crippen molar-refractivity contribution in [2.75, 3.05) is 13.1 Å². The predicted octanol–water partition coefficient (Wildman–Crippen LogP) is 2.68. The molecule has 1 saturated heterocycles. The highest BCUT2D eigenvalue weighted by atomic mass is 32.1. The van der Waals surface area contributed by atoms with Gasteiger partial charge in [-0.25, -0.2) is 4.98 Å². The highest BCUT2D eigenvalue weighted by Gasteiger charge is 2.37.